The Balaban J connectivity index is 2.24. The first-order chi connectivity index (χ1) is 8.62. The van der Waals surface area contributed by atoms with Crippen molar-refractivity contribution < 1.29 is 9.31 Å². The van der Waals surface area contributed by atoms with Crippen LogP contribution in [-0.2, 0) is 9.31 Å². The molecule has 0 radical (unpaired) electrons. The third-order valence-corrected chi connectivity index (χ3v) is 4.27. The molecular formula is C13H18BCl2NO2. The van der Waals surface area contributed by atoms with Crippen LogP contribution in [0.15, 0.2) is 18.2 Å². The molecule has 1 aromatic carbocycles. The maximum atomic E-state index is 6.21. The zero-order valence-corrected chi connectivity index (χ0v) is 13.0. The Morgan fingerprint density at radius 3 is 1.84 bits per heavy atom. The Labute approximate surface area is 124 Å². The molecule has 0 spiro atoms. The Kier molecular flexibility index (Phi) is 3.93. The highest BCUT2D eigenvalue weighted by Crippen LogP contribution is 2.40. The van der Waals surface area contributed by atoms with Gasteiger partial charge in [0.25, 0.3) is 0 Å². The SMILES string of the molecule is CC1(C)OB([C@@H](N)c2cc(Cl)cc(Cl)c2)OC1(C)C. The van der Waals surface area contributed by atoms with Crippen LogP contribution >= 0.6 is 23.2 Å². The van der Waals surface area contributed by atoms with Crippen molar-refractivity contribution in [1.82, 2.24) is 0 Å². The topological polar surface area (TPSA) is 44.5 Å². The summed E-state index contributed by atoms with van der Waals surface area (Å²) in [4.78, 5) is 0. The highest BCUT2D eigenvalue weighted by Gasteiger charge is 2.53. The van der Waals surface area contributed by atoms with E-state index in [1.807, 2.05) is 27.7 Å². The number of hydrogen-bond donors (Lipinski definition) is 1. The number of rotatable bonds is 2. The fourth-order valence-electron chi connectivity index (χ4n) is 1.96. The van der Waals surface area contributed by atoms with Gasteiger partial charge in [-0.3, -0.25) is 0 Å². The quantitative estimate of drug-likeness (QED) is 0.849. The fourth-order valence-corrected chi connectivity index (χ4v) is 2.50. The predicted molar refractivity (Wildman–Crippen MR) is 79.5 cm³/mol. The van der Waals surface area contributed by atoms with E-state index >= 15 is 0 Å². The number of benzene rings is 1. The molecule has 0 aromatic heterocycles. The van der Waals surface area contributed by atoms with Crippen molar-refractivity contribution in [1.29, 1.82) is 0 Å². The second-order valence-electron chi connectivity index (χ2n) is 5.85. The van der Waals surface area contributed by atoms with E-state index in [9.17, 15) is 0 Å². The molecule has 0 bridgehead atoms. The first-order valence-corrected chi connectivity index (χ1v) is 6.95. The molecule has 1 atom stereocenters. The molecule has 0 saturated carbocycles. The Morgan fingerprint density at radius 1 is 1.00 bits per heavy atom. The van der Waals surface area contributed by atoms with E-state index in [4.69, 9.17) is 38.2 Å². The second kappa shape index (κ2) is 4.94. The molecule has 104 valence electrons. The summed E-state index contributed by atoms with van der Waals surface area (Å²) in [5, 5.41) is 1.10. The summed E-state index contributed by atoms with van der Waals surface area (Å²) in [6.45, 7) is 7.96. The van der Waals surface area contributed by atoms with Gasteiger partial charge in [0, 0.05) is 10.0 Å². The molecule has 0 unspecified atom stereocenters. The largest absolute Gasteiger partial charge is 0.480 e. The van der Waals surface area contributed by atoms with Crippen LogP contribution in [0.4, 0.5) is 0 Å². The lowest BCUT2D eigenvalue weighted by atomic mass is 9.75. The van der Waals surface area contributed by atoms with Gasteiger partial charge in [-0.05, 0) is 51.5 Å². The summed E-state index contributed by atoms with van der Waals surface area (Å²) in [6.07, 6.45) is 0. The zero-order valence-electron chi connectivity index (χ0n) is 11.5. The average Bonchev–Trinajstić information content (AvgIpc) is 2.45. The second-order valence-corrected chi connectivity index (χ2v) is 6.73. The van der Waals surface area contributed by atoms with E-state index in [1.165, 1.54) is 0 Å². The Hall–Kier alpha value is -0.255. The number of halogens is 2. The maximum Gasteiger partial charge on any atom is 0.480 e. The third kappa shape index (κ3) is 2.93. The summed E-state index contributed by atoms with van der Waals surface area (Å²) in [6, 6.07) is 5.23. The molecule has 1 aliphatic heterocycles. The van der Waals surface area contributed by atoms with Crippen molar-refractivity contribution in [2.75, 3.05) is 0 Å². The van der Waals surface area contributed by atoms with Crippen LogP contribution in [-0.4, -0.2) is 18.3 Å². The molecule has 1 aliphatic rings. The van der Waals surface area contributed by atoms with Crippen LogP contribution in [0.3, 0.4) is 0 Å². The monoisotopic (exact) mass is 301 g/mol. The lowest BCUT2D eigenvalue weighted by Gasteiger charge is -2.32. The molecule has 6 heteroatoms. The highest BCUT2D eigenvalue weighted by molar-refractivity contribution is 6.47. The summed E-state index contributed by atoms with van der Waals surface area (Å²) in [5.74, 6) is -0.433. The van der Waals surface area contributed by atoms with Crippen molar-refractivity contribution in [2.45, 2.75) is 44.8 Å². The molecule has 19 heavy (non-hydrogen) atoms. The molecule has 3 nitrogen and oxygen atoms in total. The minimum atomic E-state index is -0.514. The Morgan fingerprint density at radius 2 is 1.42 bits per heavy atom. The van der Waals surface area contributed by atoms with Gasteiger partial charge in [0.05, 0.1) is 17.1 Å². The van der Waals surface area contributed by atoms with Crippen molar-refractivity contribution in [3.8, 4) is 0 Å². The van der Waals surface area contributed by atoms with E-state index in [1.54, 1.807) is 18.2 Å². The van der Waals surface area contributed by atoms with Gasteiger partial charge in [-0.25, -0.2) is 0 Å². The first-order valence-electron chi connectivity index (χ1n) is 6.20. The van der Waals surface area contributed by atoms with E-state index in [-0.39, 0.29) is 0 Å². The van der Waals surface area contributed by atoms with Gasteiger partial charge in [-0.15, -0.1) is 0 Å². The Bertz CT molecular complexity index is 457. The van der Waals surface area contributed by atoms with Gasteiger partial charge in [-0.2, -0.15) is 0 Å². The van der Waals surface area contributed by atoms with Crippen molar-refractivity contribution in [2.24, 2.45) is 5.73 Å². The molecule has 2 rings (SSSR count). The molecule has 1 aromatic rings. The van der Waals surface area contributed by atoms with Gasteiger partial charge in [-0.1, -0.05) is 23.2 Å². The van der Waals surface area contributed by atoms with Gasteiger partial charge < -0.3 is 15.0 Å². The zero-order chi connectivity index (χ0) is 14.4. The van der Waals surface area contributed by atoms with Crippen molar-refractivity contribution in [3.63, 3.8) is 0 Å². The van der Waals surface area contributed by atoms with E-state index in [2.05, 4.69) is 0 Å². The average molecular weight is 302 g/mol. The number of hydrogen-bond acceptors (Lipinski definition) is 3. The summed E-state index contributed by atoms with van der Waals surface area (Å²) >= 11 is 12.0. The summed E-state index contributed by atoms with van der Waals surface area (Å²) < 4.78 is 11.9. The van der Waals surface area contributed by atoms with E-state index < -0.39 is 24.3 Å². The minimum Gasteiger partial charge on any atom is -0.402 e. The van der Waals surface area contributed by atoms with E-state index in [0.29, 0.717) is 10.0 Å². The maximum absolute atomic E-state index is 6.21. The van der Waals surface area contributed by atoms with Gasteiger partial charge in [0.1, 0.15) is 0 Å². The van der Waals surface area contributed by atoms with Crippen LogP contribution < -0.4 is 5.73 Å². The van der Waals surface area contributed by atoms with Crippen LogP contribution in [0, 0.1) is 0 Å². The van der Waals surface area contributed by atoms with E-state index in [0.717, 1.165) is 5.56 Å². The lowest BCUT2D eigenvalue weighted by Crippen LogP contribution is -2.41. The van der Waals surface area contributed by atoms with Crippen molar-refractivity contribution in [3.05, 3.63) is 33.8 Å². The molecule has 0 aliphatic carbocycles. The molecule has 2 N–H and O–H groups in total. The normalized spacial score (nSPS) is 22.6. The predicted octanol–water partition coefficient (Wildman–Crippen LogP) is 3.62. The van der Waals surface area contributed by atoms with Gasteiger partial charge in [0.15, 0.2) is 0 Å². The van der Waals surface area contributed by atoms with Gasteiger partial charge >= 0.3 is 7.12 Å². The highest BCUT2D eigenvalue weighted by atomic mass is 35.5. The summed E-state index contributed by atoms with van der Waals surface area (Å²) in [7, 11) is -0.514. The molecule has 0 amide bonds. The smallest absolute Gasteiger partial charge is 0.402 e. The van der Waals surface area contributed by atoms with Crippen LogP contribution in [0.25, 0.3) is 0 Å². The van der Waals surface area contributed by atoms with Crippen LogP contribution in [0.2, 0.25) is 10.0 Å². The van der Waals surface area contributed by atoms with Gasteiger partial charge in [0.2, 0.25) is 0 Å². The first kappa shape index (κ1) is 15.1. The number of nitrogens with two attached hydrogens (primary N) is 1. The van der Waals surface area contributed by atoms with Crippen LogP contribution in [0.1, 0.15) is 39.2 Å². The standard InChI is InChI=1S/C13H18BCl2NO2/c1-12(2)13(3,4)19-14(18-12)11(17)8-5-9(15)7-10(16)6-8/h5-7,11H,17H2,1-4H3/t11-/m0/s1. The molecule has 1 fully saturated rings. The lowest BCUT2D eigenvalue weighted by molar-refractivity contribution is 0.00578. The van der Waals surface area contributed by atoms with Crippen LogP contribution in [0.5, 0.6) is 0 Å². The summed E-state index contributed by atoms with van der Waals surface area (Å²) in [5.41, 5.74) is 6.20. The minimum absolute atomic E-state index is 0.405. The van der Waals surface area contributed by atoms with Crippen molar-refractivity contribution >= 4 is 30.3 Å². The molecule has 1 heterocycles. The molecular weight excluding hydrogens is 284 g/mol. The fraction of sp³-hybridized carbons (Fsp3) is 0.538. The third-order valence-electron chi connectivity index (χ3n) is 3.83. The molecule has 1 saturated heterocycles.